The highest BCUT2D eigenvalue weighted by Crippen LogP contribution is 1.92. The first kappa shape index (κ1) is 12.8. The number of hydrogen-bond donors (Lipinski definition) is 1. The number of nitrogens with one attached hydrogen (secondary N) is 1. The van der Waals surface area contributed by atoms with Gasteiger partial charge in [-0.1, -0.05) is 19.6 Å². The second-order valence-corrected chi connectivity index (χ2v) is 2.96. The van der Waals surface area contributed by atoms with Gasteiger partial charge in [-0.2, -0.15) is 0 Å². The zero-order valence-corrected chi connectivity index (χ0v) is 9.12. The van der Waals surface area contributed by atoms with Crippen molar-refractivity contribution >= 4 is 5.91 Å². The summed E-state index contributed by atoms with van der Waals surface area (Å²) in [5, 5.41) is 2.83. The molecule has 1 amide bonds. The van der Waals surface area contributed by atoms with Crippen LogP contribution in [0.3, 0.4) is 0 Å². The summed E-state index contributed by atoms with van der Waals surface area (Å²) in [7, 11) is 0. The molecule has 0 atom stereocenters. The van der Waals surface area contributed by atoms with E-state index in [-0.39, 0.29) is 5.91 Å². The van der Waals surface area contributed by atoms with E-state index in [4.69, 9.17) is 0 Å². The molecule has 80 valence electrons. The van der Waals surface area contributed by atoms with Gasteiger partial charge in [-0.15, -0.1) is 0 Å². The van der Waals surface area contributed by atoms with E-state index in [1.54, 1.807) is 6.20 Å². The maximum absolute atomic E-state index is 10.9. The molecular formula is C11H20N2O. The minimum absolute atomic E-state index is 0.112. The van der Waals surface area contributed by atoms with Crippen molar-refractivity contribution < 1.29 is 4.79 Å². The van der Waals surface area contributed by atoms with E-state index < -0.39 is 0 Å². The number of carbonyl (C=O) groups is 1. The lowest BCUT2D eigenvalue weighted by molar-refractivity contribution is -0.120. The summed E-state index contributed by atoms with van der Waals surface area (Å²) in [5.74, 6) is 0.112. The van der Waals surface area contributed by atoms with Crippen molar-refractivity contribution in [3.8, 4) is 0 Å². The van der Waals surface area contributed by atoms with Crippen LogP contribution >= 0.6 is 0 Å². The molecule has 3 nitrogen and oxygen atoms in total. The summed E-state index contributed by atoms with van der Waals surface area (Å²) in [6.07, 6.45) is 7.20. The van der Waals surface area contributed by atoms with Crippen LogP contribution in [0, 0.1) is 0 Å². The Hall–Kier alpha value is -1.25. The van der Waals surface area contributed by atoms with Crippen molar-refractivity contribution in [2.45, 2.75) is 26.7 Å². The van der Waals surface area contributed by atoms with E-state index >= 15 is 0 Å². The van der Waals surface area contributed by atoms with Gasteiger partial charge in [0, 0.05) is 19.5 Å². The van der Waals surface area contributed by atoms with Crippen LogP contribution in [0.2, 0.25) is 0 Å². The smallest absolute Gasteiger partial charge is 0.219 e. The largest absolute Gasteiger partial charge is 0.356 e. The van der Waals surface area contributed by atoms with Gasteiger partial charge in [-0.25, -0.2) is 0 Å². The molecule has 0 spiro atoms. The number of carbonyl (C=O) groups excluding carboxylic acids is 1. The lowest BCUT2D eigenvalue weighted by Gasteiger charge is -2.14. The lowest BCUT2D eigenvalue weighted by Crippen LogP contribution is -2.25. The molecule has 0 aromatic rings. The van der Waals surface area contributed by atoms with Gasteiger partial charge in [-0.05, 0) is 25.7 Å². The van der Waals surface area contributed by atoms with Crippen molar-refractivity contribution in [3.05, 3.63) is 25.1 Å². The van der Waals surface area contributed by atoms with E-state index in [1.165, 1.54) is 0 Å². The molecule has 0 aliphatic rings. The summed E-state index contributed by atoms with van der Waals surface area (Å²) in [4.78, 5) is 12.9. The fraction of sp³-hybridized carbons (Fsp3) is 0.545. The highest BCUT2D eigenvalue weighted by Gasteiger charge is 1.96. The van der Waals surface area contributed by atoms with Crippen molar-refractivity contribution in [2.75, 3.05) is 13.1 Å². The molecule has 3 heteroatoms. The molecule has 0 fully saturated rings. The van der Waals surface area contributed by atoms with E-state index in [0.29, 0.717) is 6.42 Å². The minimum atomic E-state index is 0.112. The zero-order chi connectivity index (χ0) is 10.8. The molecule has 0 aliphatic carbocycles. The first-order chi connectivity index (χ1) is 6.74. The van der Waals surface area contributed by atoms with Crippen LogP contribution in [0.4, 0.5) is 0 Å². The Balaban J connectivity index is 3.51. The third-order valence-electron chi connectivity index (χ3n) is 1.81. The van der Waals surface area contributed by atoms with Crippen LogP contribution in [0.15, 0.2) is 25.1 Å². The number of allylic oxidation sites excluding steroid dienone is 1. The molecule has 0 aromatic heterocycles. The van der Waals surface area contributed by atoms with Crippen LogP contribution < -0.4 is 5.32 Å². The third kappa shape index (κ3) is 6.29. The summed E-state index contributed by atoms with van der Waals surface area (Å²) < 4.78 is 0. The van der Waals surface area contributed by atoms with E-state index in [2.05, 4.69) is 11.9 Å². The summed E-state index contributed by atoms with van der Waals surface area (Å²) >= 11 is 0. The molecule has 0 bridgehead atoms. The topological polar surface area (TPSA) is 32.3 Å². The molecule has 0 saturated carbocycles. The fourth-order valence-corrected chi connectivity index (χ4v) is 1.03. The normalized spacial score (nSPS) is 10.1. The van der Waals surface area contributed by atoms with Crippen LogP contribution in [-0.2, 0) is 4.79 Å². The highest BCUT2D eigenvalue weighted by molar-refractivity contribution is 5.75. The number of nitrogens with zero attached hydrogens (tertiary/aromatic N) is 1. The van der Waals surface area contributed by atoms with Gasteiger partial charge in [0.15, 0.2) is 0 Å². The van der Waals surface area contributed by atoms with Crippen molar-refractivity contribution in [2.24, 2.45) is 0 Å². The number of rotatable bonds is 7. The molecule has 0 aromatic carbocycles. The van der Waals surface area contributed by atoms with Gasteiger partial charge >= 0.3 is 0 Å². The van der Waals surface area contributed by atoms with Crippen LogP contribution in [-0.4, -0.2) is 23.9 Å². The summed E-state index contributed by atoms with van der Waals surface area (Å²) in [6, 6.07) is 0. The predicted molar refractivity (Wildman–Crippen MR) is 59.6 cm³/mol. The molecule has 0 rings (SSSR count). The minimum Gasteiger partial charge on any atom is -0.356 e. The standard InChI is InChI=1S/C11H20N2O/c1-4-9-13(6-3)10-7-8-12-11(14)5-2/h4,6,9H,3,5,7-8,10H2,1-2H3,(H,12,14)/b9-4-. The first-order valence-corrected chi connectivity index (χ1v) is 5.02. The van der Waals surface area contributed by atoms with Gasteiger partial charge in [0.25, 0.3) is 0 Å². The highest BCUT2D eigenvalue weighted by atomic mass is 16.1. The number of amides is 1. The number of hydrogen-bond acceptors (Lipinski definition) is 2. The van der Waals surface area contributed by atoms with Crippen molar-refractivity contribution in [1.82, 2.24) is 10.2 Å². The van der Waals surface area contributed by atoms with Gasteiger partial charge in [0.05, 0.1) is 0 Å². The van der Waals surface area contributed by atoms with Gasteiger partial charge in [0.1, 0.15) is 0 Å². The predicted octanol–water partition coefficient (Wildman–Crippen LogP) is 1.88. The maximum Gasteiger partial charge on any atom is 0.219 e. The zero-order valence-electron chi connectivity index (χ0n) is 9.12. The Bertz CT molecular complexity index is 199. The average Bonchev–Trinajstić information content (AvgIpc) is 2.22. The maximum atomic E-state index is 10.9. The third-order valence-corrected chi connectivity index (χ3v) is 1.81. The first-order valence-electron chi connectivity index (χ1n) is 5.02. The van der Waals surface area contributed by atoms with Gasteiger partial charge < -0.3 is 10.2 Å². The van der Waals surface area contributed by atoms with Crippen LogP contribution in [0.1, 0.15) is 26.7 Å². The molecule has 0 unspecified atom stereocenters. The Morgan fingerprint density at radius 2 is 2.29 bits per heavy atom. The summed E-state index contributed by atoms with van der Waals surface area (Å²) in [5.41, 5.74) is 0. The molecular weight excluding hydrogens is 176 g/mol. The second-order valence-electron chi connectivity index (χ2n) is 2.96. The quantitative estimate of drug-likeness (QED) is 0.631. The van der Waals surface area contributed by atoms with Gasteiger partial charge in [-0.3, -0.25) is 4.79 Å². The van der Waals surface area contributed by atoms with Crippen molar-refractivity contribution in [1.29, 1.82) is 0 Å². The Kier molecular flexibility index (Phi) is 7.61. The molecule has 0 saturated heterocycles. The fourth-order valence-electron chi connectivity index (χ4n) is 1.03. The molecule has 0 radical (unpaired) electrons. The average molecular weight is 196 g/mol. The van der Waals surface area contributed by atoms with E-state index in [1.807, 2.05) is 31.0 Å². The SMILES string of the molecule is C=CN(/C=C\C)CCCNC(=O)CC. The second kappa shape index (κ2) is 8.35. The van der Waals surface area contributed by atoms with Gasteiger partial charge in [0.2, 0.25) is 5.91 Å². The van der Waals surface area contributed by atoms with Crippen LogP contribution in [0.5, 0.6) is 0 Å². The summed E-state index contributed by atoms with van der Waals surface area (Å²) in [6.45, 7) is 9.13. The molecule has 0 aliphatic heterocycles. The molecule has 0 heterocycles. The molecule has 14 heavy (non-hydrogen) atoms. The van der Waals surface area contributed by atoms with Crippen molar-refractivity contribution in [3.63, 3.8) is 0 Å². The van der Waals surface area contributed by atoms with Crippen LogP contribution in [0.25, 0.3) is 0 Å². The monoisotopic (exact) mass is 196 g/mol. The Morgan fingerprint density at radius 3 is 2.79 bits per heavy atom. The molecule has 1 N–H and O–H groups in total. The van der Waals surface area contributed by atoms with E-state index in [9.17, 15) is 4.79 Å². The Morgan fingerprint density at radius 1 is 1.57 bits per heavy atom. The Labute approximate surface area is 86.5 Å². The lowest BCUT2D eigenvalue weighted by atomic mass is 10.3. The van der Waals surface area contributed by atoms with E-state index in [0.717, 1.165) is 19.5 Å².